The maximum atomic E-state index is 6.39. The summed E-state index contributed by atoms with van der Waals surface area (Å²) in [5.74, 6) is 0. The van der Waals surface area contributed by atoms with Crippen LogP contribution in [0.25, 0.3) is 27.8 Å². The van der Waals surface area contributed by atoms with Crippen molar-refractivity contribution in [2.45, 2.75) is 86.5 Å². The Labute approximate surface area is 345 Å². The van der Waals surface area contributed by atoms with Gasteiger partial charge in [0.1, 0.15) is 22.4 Å². The summed E-state index contributed by atoms with van der Waals surface area (Å²) in [5.41, 5.74) is 30.4. The zero-order chi connectivity index (χ0) is 41.0. The number of quaternary nitrogens is 1. The lowest BCUT2D eigenvalue weighted by Gasteiger charge is -2.17. The number of anilines is 3. The van der Waals surface area contributed by atoms with Gasteiger partial charge in [-0.05, 0) is 99.2 Å². The van der Waals surface area contributed by atoms with Crippen molar-refractivity contribution in [2.24, 2.45) is 4.99 Å². The van der Waals surface area contributed by atoms with Crippen LogP contribution in [0.1, 0.15) is 82.4 Å². The van der Waals surface area contributed by atoms with Gasteiger partial charge in [-0.25, -0.2) is 9.98 Å². The van der Waals surface area contributed by atoms with E-state index in [-0.39, 0.29) is 0 Å². The maximum Gasteiger partial charge on any atom is 0.239 e. The number of unbranched alkanes of at least 4 members (excludes halogenated alkanes) is 5. The molecule has 0 aliphatic heterocycles. The van der Waals surface area contributed by atoms with Crippen molar-refractivity contribution in [3.8, 4) is 5.69 Å². The Bertz CT molecular complexity index is 2430. The number of rotatable bonds is 15. The predicted octanol–water partition coefficient (Wildman–Crippen LogP) is 10.7. The Balaban J connectivity index is 0.00000279. The first-order chi connectivity index (χ1) is 28.2. The molecule has 1 aliphatic carbocycles. The summed E-state index contributed by atoms with van der Waals surface area (Å²) in [5, 5.41) is 9.57. The third kappa shape index (κ3) is 10.3. The maximum absolute atomic E-state index is 6.39. The van der Waals surface area contributed by atoms with E-state index in [4.69, 9.17) is 21.4 Å². The second kappa shape index (κ2) is 19.9. The molecule has 0 saturated carbocycles. The molecule has 0 unspecified atom stereocenters. The van der Waals surface area contributed by atoms with Crippen molar-refractivity contribution in [1.29, 1.82) is 0 Å². The van der Waals surface area contributed by atoms with E-state index in [2.05, 4.69) is 113 Å². The zero-order valence-corrected chi connectivity index (χ0v) is 35.3. The highest BCUT2D eigenvalue weighted by molar-refractivity contribution is 6.00. The number of aliphatic imine (C=N–C) groups is 1. The van der Waals surface area contributed by atoms with Gasteiger partial charge in [-0.3, -0.25) is 5.32 Å². The van der Waals surface area contributed by atoms with Crippen LogP contribution in [0.3, 0.4) is 0 Å². The van der Waals surface area contributed by atoms with Crippen molar-refractivity contribution in [2.75, 3.05) is 29.9 Å². The molecule has 7 rings (SSSR count). The molecule has 8 N–H and O–H groups in total. The summed E-state index contributed by atoms with van der Waals surface area (Å²) in [6.45, 7) is 14.3. The molecule has 1 aromatic heterocycles. The molecule has 0 amide bonds. The van der Waals surface area contributed by atoms with Gasteiger partial charge in [-0.15, -0.1) is 4.57 Å². The van der Waals surface area contributed by atoms with E-state index < -0.39 is 0 Å². The first-order valence-corrected chi connectivity index (χ1v) is 21.1. The standard InChI is InChI=1S/C48H54N8.C2H6/c1-32-26-43(44(29-39(32)49)53-36-17-11-9-12-18-36)54-37-21-22-41(34(3)25-37)51-23-15-7-5-6-8-16-24-52-42-31-48-46(28-35(42)4)55-45-27-33(2)40(50)30-47(45)56(48)38-19-13-10-14-20-38;1-2/h9-14,17-20,22,25-31,51,53H,5-8,15-16,21,23-24,49H2,1-4H3,(H2,50,52);1-2H3/p+2. The molecule has 0 radical (unpaired) electrons. The molecular formula is C50H62N8+2. The summed E-state index contributed by atoms with van der Waals surface area (Å²) in [7, 11) is 0. The first kappa shape index (κ1) is 41.6. The van der Waals surface area contributed by atoms with Crippen molar-refractivity contribution in [1.82, 2.24) is 10.3 Å². The number of aromatic nitrogens is 2. The number of fused-ring (bicyclic) bond motifs is 2. The number of hydrogen-bond acceptors (Lipinski definition) is 6. The van der Waals surface area contributed by atoms with Crippen molar-refractivity contribution < 1.29 is 9.88 Å². The van der Waals surface area contributed by atoms with Gasteiger partial charge in [-0.1, -0.05) is 82.0 Å². The average Bonchev–Trinajstić information content (AvgIpc) is 3.22. The molecular weight excluding hydrogens is 713 g/mol. The number of benzene rings is 5. The molecule has 0 bridgehead atoms. The van der Waals surface area contributed by atoms with Crippen LogP contribution in [0.4, 0.5) is 34.1 Å². The number of nitrogens with one attached hydrogen (secondary N) is 2. The highest BCUT2D eigenvalue weighted by Gasteiger charge is 2.22. The first-order valence-electron chi connectivity index (χ1n) is 21.1. The average molecular weight is 775 g/mol. The molecule has 0 atom stereocenters. The molecule has 0 saturated heterocycles. The summed E-state index contributed by atoms with van der Waals surface area (Å²) < 4.78 is 2.28. The van der Waals surface area contributed by atoms with Crippen LogP contribution >= 0.6 is 0 Å². The molecule has 5 aromatic carbocycles. The van der Waals surface area contributed by atoms with E-state index in [9.17, 15) is 0 Å². The summed E-state index contributed by atoms with van der Waals surface area (Å²) in [4.78, 5) is 10.1. The lowest BCUT2D eigenvalue weighted by atomic mass is 10.0. The second-order valence-corrected chi connectivity index (χ2v) is 15.2. The summed E-state index contributed by atoms with van der Waals surface area (Å²) >= 11 is 0. The molecule has 0 fully saturated rings. The van der Waals surface area contributed by atoms with Crippen LogP contribution in [0.15, 0.2) is 125 Å². The zero-order valence-electron chi connectivity index (χ0n) is 35.3. The third-order valence-corrected chi connectivity index (χ3v) is 10.8. The minimum Gasteiger partial charge on any atom is -0.398 e. The van der Waals surface area contributed by atoms with E-state index in [1.54, 1.807) is 0 Å². The molecule has 6 aromatic rings. The van der Waals surface area contributed by atoms with Crippen LogP contribution in [-0.2, 0) is 0 Å². The van der Waals surface area contributed by atoms with Crippen LogP contribution < -0.4 is 32.0 Å². The predicted molar refractivity (Wildman–Crippen MR) is 247 cm³/mol. The van der Waals surface area contributed by atoms with E-state index in [0.717, 1.165) is 105 Å². The van der Waals surface area contributed by atoms with Gasteiger partial charge in [0.2, 0.25) is 16.7 Å². The Morgan fingerprint density at radius 2 is 1.26 bits per heavy atom. The summed E-state index contributed by atoms with van der Waals surface area (Å²) in [6.07, 6.45) is 12.5. The molecule has 8 heteroatoms. The van der Waals surface area contributed by atoms with Crippen LogP contribution in [0.2, 0.25) is 0 Å². The SMILES string of the molecule is CC.CC1=CC(=Nc2cc(C)c(N)cc2[NH2+]c2ccccc2)CC=C1NCCCCCCCCNc1cc2c(cc1C)nc1cc(C)c(N)cc1[n+]2-c1ccccc1. The van der Waals surface area contributed by atoms with Gasteiger partial charge >= 0.3 is 0 Å². The van der Waals surface area contributed by atoms with Crippen molar-refractivity contribution >= 4 is 61.9 Å². The number of hydrogen-bond donors (Lipinski definition) is 5. The lowest BCUT2D eigenvalue weighted by molar-refractivity contribution is -0.538. The number of para-hydroxylation sites is 2. The minimum atomic E-state index is 0.775. The van der Waals surface area contributed by atoms with Crippen molar-refractivity contribution in [3.05, 3.63) is 137 Å². The molecule has 8 nitrogen and oxygen atoms in total. The number of allylic oxidation sites excluding steroid dienone is 3. The quantitative estimate of drug-likeness (QED) is 0.0308. The van der Waals surface area contributed by atoms with E-state index in [1.807, 2.05) is 58.0 Å². The number of aryl methyl sites for hydroxylation is 3. The Kier molecular flexibility index (Phi) is 14.3. The molecule has 58 heavy (non-hydrogen) atoms. The third-order valence-electron chi connectivity index (χ3n) is 10.8. The number of nitrogens with zero attached hydrogens (tertiary/aromatic N) is 3. The highest BCUT2D eigenvalue weighted by Crippen LogP contribution is 2.30. The lowest BCUT2D eigenvalue weighted by Crippen LogP contribution is -2.71. The van der Waals surface area contributed by atoms with Gasteiger partial charge in [0, 0.05) is 78.3 Å². The van der Waals surface area contributed by atoms with Crippen LogP contribution in [0.5, 0.6) is 0 Å². The van der Waals surface area contributed by atoms with Gasteiger partial charge in [0.25, 0.3) is 0 Å². The largest absolute Gasteiger partial charge is 0.398 e. The fourth-order valence-electron chi connectivity index (χ4n) is 7.49. The Morgan fingerprint density at radius 1 is 0.672 bits per heavy atom. The Hall–Kier alpha value is -5.99. The molecule has 1 aliphatic rings. The second-order valence-electron chi connectivity index (χ2n) is 15.2. The number of nitrogen functional groups attached to an aromatic ring is 2. The van der Waals surface area contributed by atoms with Crippen molar-refractivity contribution in [3.63, 3.8) is 0 Å². The topological polar surface area (TPSA) is 122 Å². The highest BCUT2D eigenvalue weighted by atomic mass is 15.0. The monoisotopic (exact) mass is 775 g/mol. The molecule has 0 spiro atoms. The van der Waals surface area contributed by atoms with Gasteiger partial charge in [0.15, 0.2) is 5.69 Å². The molecule has 300 valence electrons. The van der Waals surface area contributed by atoms with E-state index >= 15 is 0 Å². The van der Waals surface area contributed by atoms with Gasteiger partial charge < -0.3 is 22.1 Å². The minimum absolute atomic E-state index is 0.775. The van der Waals surface area contributed by atoms with E-state index in [1.165, 1.54) is 48.9 Å². The smallest absolute Gasteiger partial charge is 0.239 e. The van der Waals surface area contributed by atoms with Crippen LogP contribution in [0, 0.1) is 20.8 Å². The fourth-order valence-corrected chi connectivity index (χ4v) is 7.49. The van der Waals surface area contributed by atoms with Gasteiger partial charge in [-0.2, -0.15) is 0 Å². The normalized spacial score (nSPS) is 13.2. The number of nitrogens with two attached hydrogens (primary N) is 3. The fraction of sp³-hybridized carbons (Fsp3) is 0.300. The van der Waals surface area contributed by atoms with Crippen LogP contribution in [-0.4, -0.2) is 23.8 Å². The summed E-state index contributed by atoms with van der Waals surface area (Å²) in [6, 6.07) is 33.5. The Morgan fingerprint density at radius 3 is 1.95 bits per heavy atom. The molecule has 1 heterocycles. The van der Waals surface area contributed by atoms with E-state index in [0.29, 0.717) is 0 Å². The van der Waals surface area contributed by atoms with Gasteiger partial charge in [0.05, 0.1) is 0 Å².